The van der Waals surface area contributed by atoms with Crippen LogP contribution in [0.1, 0.15) is 41.8 Å². The van der Waals surface area contributed by atoms with Crippen molar-refractivity contribution in [1.29, 1.82) is 0 Å². The van der Waals surface area contributed by atoms with Gasteiger partial charge in [-0.1, -0.05) is 6.07 Å². The summed E-state index contributed by atoms with van der Waals surface area (Å²) in [6.45, 7) is 1.66. The Hall–Kier alpha value is -2.80. The summed E-state index contributed by atoms with van der Waals surface area (Å²) < 4.78 is 16.4. The zero-order valence-electron chi connectivity index (χ0n) is 17.3. The van der Waals surface area contributed by atoms with Gasteiger partial charge in [-0.05, 0) is 56.0 Å². The lowest BCUT2D eigenvalue weighted by Crippen LogP contribution is -2.45. The summed E-state index contributed by atoms with van der Waals surface area (Å²) in [5.74, 6) is 1.11. The summed E-state index contributed by atoms with van der Waals surface area (Å²) >= 11 is 0. The van der Waals surface area contributed by atoms with Gasteiger partial charge in [0, 0.05) is 24.8 Å². The van der Waals surface area contributed by atoms with E-state index in [1.165, 1.54) is 0 Å². The van der Waals surface area contributed by atoms with Crippen LogP contribution in [0, 0.1) is 0 Å². The molecule has 0 radical (unpaired) electrons. The SMILES string of the molecule is COc1cccc(C(=O)N(CC(=O)N(Cc2ccco2)CC2CCCO2)C2CC2)c1. The third kappa shape index (κ3) is 5.02. The van der Waals surface area contributed by atoms with Gasteiger partial charge in [0.2, 0.25) is 5.91 Å². The zero-order valence-corrected chi connectivity index (χ0v) is 17.3. The summed E-state index contributed by atoms with van der Waals surface area (Å²) in [6.07, 6.45) is 5.44. The molecule has 1 saturated carbocycles. The van der Waals surface area contributed by atoms with Gasteiger partial charge in [0.05, 0.1) is 26.0 Å². The monoisotopic (exact) mass is 412 g/mol. The topological polar surface area (TPSA) is 72.2 Å². The molecule has 2 heterocycles. The van der Waals surface area contributed by atoms with E-state index in [0.717, 1.165) is 38.1 Å². The molecular formula is C23H28N2O5. The lowest BCUT2D eigenvalue weighted by Gasteiger charge is -2.29. The van der Waals surface area contributed by atoms with E-state index in [1.807, 2.05) is 12.1 Å². The molecule has 1 saturated heterocycles. The number of ether oxygens (including phenoxy) is 2. The first-order valence-corrected chi connectivity index (χ1v) is 10.5. The molecule has 2 fully saturated rings. The van der Waals surface area contributed by atoms with Crippen LogP contribution >= 0.6 is 0 Å². The number of carbonyl (C=O) groups is 2. The van der Waals surface area contributed by atoms with Gasteiger partial charge in [0.25, 0.3) is 5.91 Å². The van der Waals surface area contributed by atoms with Gasteiger partial charge in [-0.3, -0.25) is 9.59 Å². The Morgan fingerprint density at radius 1 is 1.17 bits per heavy atom. The fourth-order valence-electron chi connectivity index (χ4n) is 3.80. The zero-order chi connectivity index (χ0) is 20.9. The van der Waals surface area contributed by atoms with Crippen LogP contribution in [-0.2, 0) is 16.1 Å². The Kier molecular flexibility index (Phi) is 6.38. The Balaban J connectivity index is 1.48. The van der Waals surface area contributed by atoms with Crippen LogP contribution in [0.15, 0.2) is 47.1 Å². The van der Waals surface area contributed by atoms with Gasteiger partial charge in [-0.25, -0.2) is 0 Å². The summed E-state index contributed by atoms with van der Waals surface area (Å²) in [5, 5.41) is 0. The van der Waals surface area contributed by atoms with Crippen molar-refractivity contribution in [2.24, 2.45) is 0 Å². The van der Waals surface area contributed by atoms with E-state index in [2.05, 4.69) is 0 Å². The van der Waals surface area contributed by atoms with Gasteiger partial charge in [-0.15, -0.1) is 0 Å². The quantitative estimate of drug-likeness (QED) is 0.633. The maximum absolute atomic E-state index is 13.3. The molecule has 7 nitrogen and oxygen atoms in total. The smallest absolute Gasteiger partial charge is 0.254 e. The molecule has 1 aliphatic heterocycles. The maximum Gasteiger partial charge on any atom is 0.254 e. The second-order valence-corrected chi connectivity index (χ2v) is 7.88. The minimum atomic E-state index is -0.139. The molecule has 1 unspecified atom stereocenters. The Labute approximate surface area is 176 Å². The van der Waals surface area contributed by atoms with Crippen molar-refractivity contribution in [2.45, 2.75) is 44.4 Å². The van der Waals surface area contributed by atoms with Crippen LogP contribution in [0.4, 0.5) is 0 Å². The number of rotatable bonds is 9. The van der Waals surface area contributed by atoms with E-state index in [0.29, 0.717) is 24.4 Å². The van der Waals surface area contributed by atoms with Crippen molar-refractivity contribution in [3.63, 3.8) is 0 Å². The van der Waals surface area contributed by atoms with Gasteiger partial charge >= 0.3 is 0 Å². The van der Waals surface area contributed by atoms with Crippen molar-refractivity contribution < 1.29 is 23.5 Å². The number of hydrogen-bond donors (Lipinski definition) is 0. The molecule has 1 aliphatic carbocycles. The van der Waals surface area contributed by atoms with Crippen LogP contribution in [0.3, 0.4) is 0 Å². The molecule has 1 aromatic heterocycles. The van der Waals surface area contributed by atoms with Crippen LogP contribution < -0.4 is 4.74 Å². The average molecular weight is 412 g/mol. The largest absolute Gasteiger partial charge is 0.497 e. The summed E-state index contributed by atoms with van der Waals surface area (Å²) in [6, 6.07) is 10.9. The lowest BCUT2D eigenvalue weighted by atomic mass is 10.1. The average Bonchev–Trinajstić information content (AvgIpc) is 3.23. The normalized spacial score (nSPS) is 18.2. The third-order valence-electron chi connectivity index (χ3n) is 5.60. The van der Waals surface area contributed by atoms with Gasteiger partial charge < -0.3 is 23.7 Å². The van der Waals surface area contributed by atoms with Gasteiger partial charge in [0.1, 0.15) is 18.1 Å². The van der Waals surface area contributed by atoms with Crippen molar-refractivity contribution in [3.05, 3.63) is 54.0 Å². The predicted molar refractivity (Wildman–Crippen MR) is 110 cm³/mol. The highest BCUT2D eigenvalue weighted by atomic mass is 16.5. The van der Waals surface area contributed by atoms with E-state index in [4.69, 9.17) is 13.9 Å². The number of nitrogens with zero attached hydrogens (tertiary/aromatic N) is 2. The van der Waals surface area contributed by atoms with Crippen molar-refractivity contribution >= 4 is 11.8 Å². The van der Waals surface area contributed by atoms with Crippen molar-refractivity contribution in [1.82, 2.24) is 9.80 Å². The highest BCUT2D eigenvalue weighted by Crippen LogP contribution is 2.29. The molecule has 2 aromatic rings. The summed E-state index contributed by atoms with van der Waals surface area (Å²) in [5.41, 5.74) is 0.533. The first-order valence-electron chi connectivity index (χ1n) is 10.5. The van der Waals surface area contributed by atoms with E-state index in [9.17, 15) is 9.59 Å². The molecule has 1 atom stereocenters. The van der Waals surface area contributed by atoms with E-state index >= 15 is 0 Å². The molecule has 7 heteroatoms. The Morgan fingerprint density at radius 3 is 2.70 bits per heavy atom. The minimum Gasteiger partial charge on any atom is -0.497 e. The number of amides is 2. The number of carbonyl (C=O) groups excluding carboxylic acids is 2. The molecule has 160 valence electrons. The standard InChI is InChI=1S/C23H28N2O5/c1-28-19-6-2-5-17(13-19)23(27)25(18-9-10-18)16-22(26)24(14-20-7-3-11-29-20)15-21-8-4-12-30-21/h2-3,5-7,11,13,18,21H,4,8-10,12,14-16H2,1H3. The highest BCUT2D eigenvalue weighted by molar-refractivity contribution is 5.97. The molecule has 0 bridgehead atoms. The number of methoxy groups -OCH3 is 1. The fraction of sp³-hybridized carbons (Fsp3) is 0.478. The van der Waals surface area contributed by atoms with Crippen LogP contribution in [0.2, 0.25) is 0 Å². The van der Waals surface area contributed by atoms with Gasteiger partial charge in [0.15, 0.2) is 0 Å². The highest BCUT2D eigenvalue weighted by Gasteiger charge is 2.36. The van der Waals surface area contributed by atoms with Gasteiger partial charge in [-0.2, -0.15) is 0 Å². The number of benzene rings is 1. The number of furan rings is 1. The van der Waals surface area contributed by atoms with E-state index in [1.54, 1.807) is 47.4 Å². The van der Waals surface area contributed by atoms with E-state index < -0.39 is 0 Å². The summed E-state index contributed by atoms with van der Waals surface area (Å²) in [4.78, 5) is 29.9. The Morgan fingerprint density at radius 2 is 2.03 bits per heavy atom. The first kappa shape index (κ1) is 20.5. The van der Waals surface area contributed by atoms with Crippen molar-refractivity contribution in [3.8, 4) is 5.75 Å². The molecule has 4 rings (SSSR count). The second kappa shape index (κ2) is 9.34. The van der Waals surface area contributed by atoms with Crippen LogP contribution in [0.5, 0.6) is 5.75 Å². The first-order chi connectivity index (χ1) is 14.6. The predicted octanol–water partition coefficient (Wildman–Crippen LogP) is 3.10. The molecule has 0 spiro atoms. The minimum absolute atomic E-state index is 0.0346. The van der Waals surface area contributed by atoms with Crippen LogP contribution in [0.25, 0.3) is 0 Å². The van der Waals surface area contributed by atoms with Crippen molar-refractivity contribution in [2.75, 3.05) is 26.8 Å². The molecule has 30 heavy (non-hydrogen) atoms. The number of hydrogen-bond acceptors (Lipinski definition) is 5. The van der Waals surface area contributed by atoms with E-state index in [-0.39, 0.29) is 30.5 Å². The lowest BCUT2D eigenvalue weighted by molar-refractivity contribution is -0.134. The molecule has 2 aliphatic rings. The maximum atomic E-state index is 13.3. The third-order valence-corrected chi connectivity index (χ3v) is 5.60. The molecule has 1 aromatic carbocycles. The molecular weight excluding hydrogens is 384 g/mol. The Bertz CT molecular complexity index is 856. The summed E-state index contributed by atoms with van der Waals surface area (Å²) in [7, 11) is 1.57. The fourth-order valence-corrected chi connectivity index (χ4v) is 3.80. The molecule has 2 amide bonds. The second-order valence-electron chi connectivity index (χ2n) is 7.88. The molecule has 0 N–H and O–H groups in total. The van der Waals surface area contributed by atoms with Crippen LogP contribution in [-0.4, -0.2) is 60.6 Å².